The second-order valence-electron chi connectivity index (χ2n) is 22.3. The number of esters is 2. The Morgan fingerprint density at radius 3 is 1.15 bits per heavy atom. The van der Waals surface area contributed by atoms with Crippen LogP contribution in [0.5, 0.6) is 0 Å². The molecule has 0 saturated carbocycles. The SMILES string of the molecule is CC/C=C\C/C=C\C/C=C\C/C=C\CCCCCCCCCCCCCCCCCCCCCCCCCCCCC(=O)OC(COC(=O)CCCCCCCCCCCC)COC(OCC[N+](C)(C)C)C(=O)[O-]. The Balaban J connectivity index is 3.88. The molecule has 0 rings (SSSR count). The number of rotatable bonds is 58. The van der Waals surface area contributed by atoms with Crippen LogP contribution < -0.4 is 5.11 Å². The third kappa shape index (κ3) is 57.0. The Morgan fingerprint density at radius 1 is 0.419 bits per heavy atom. The maximum Gasteiger partial charge on any atom is 0.306 e. The van der Waals surface area contributed by atoms with Crippen LogP contribution in [0, 0.1) is 0 Å². The Kier molecular flexibility index (Phi) is 54.4. The molecule has 0 aliphatic heterocycles. The second kappa shape index (κ2) is 56.5. The van der Waals surface area contributed by atoms with Gasteiger partial charge in [-0.05, 0) is 51.4 Å². The van der Waals surface area contributed by atoms with Crippen molar-refractivity contribution in [3.8, 4) is 0 Å². The highest BCUT2D eigenvalue weighted by Crippen LogP contribution is 2.18. The number of hydrogen-bond acceptors (Lipinski definition) is 8. The van der Waals surface area contributed by atoms with Gasteiger partial charge in [0.05, 0.1) is 40.3 Å². The van der Waals surface area contributed by atoms with Gasteiger partial charge in [0.15, 0.2) is 12.4 Å². The molecule has 0 saturated heterocycles. The van der Waals surface area contributed by atoms with Crippen LogP contribution in [0.2, 0.25) is 0 Å². The number of carbonyl (C=O) groups is 3. The summed E-state index contributed by atoms with van der Waals surface area (Å²) in [4.78, 5) is 37.1. The molecule has 432 valence electrons. The molecule has 0 aromatic rings. The molecule has 0 radical (unpaired) electrons. The van der Waals surface area contributed by atoms with Crippen molar-refractivity contribution < 1.29 is 42.9 Å². The molecule has 2 unspecified atom stereocenters. The van der Waals surface area contributed by atoms with E-state index in [-0.39, 0.29) is 32.2 Å². The highest BCUT2D eigenvalue weighted by atomic mass is 16.7. The number of allylic oxidation sites excluding steroid dienone is 8. The molecular weight excluding hydrogens is 923 g/mol. The number of unbranched alkanes of at least 4 members (excludes halogenated alkanes) is 35. The summed E-state index contributed by atoms with van der Waals surface area (Å²) in [5, 5.41) is 11.7. The topological polar surface area (TPSA) is 111 Å². The van der Waals surface area contributed by atoms with E-state index in [2.05, 4.69) is 62.5 Å². The van der Waals surface area contributed by atoms with E-state index in [9.17, 15) is 19.5 Å². The van der Waals surface area contributed by atoms with E-state index in [1.807, 2.05) is 21.1 Å². The van der Waals surface area contributed by atoms with Gasteiger partial charge in [0, 0.05) is 12.8 Å². The fourth-order valence-electron chi connectivity index (χ4n) is 9.06. The Labute approximate surface area is 457 Å². The van der Waals surface area contributed by atoms with Crippen molar-refractivity contribution in [1.82, 2.24) is 0 Å². The van der Waals surface area contributed by atoms with Gasteiger partial charge < -0.3 is 33.3 Å². The van der Waals surface area contributed by atoms with Gasteiger partial charge in [-0.15, -0.1) is 0 Å². The van der Waals surface area contributed by atoms with Crippen LogP contribution in [0.25, 0.3) is 0 Å². The summed E-state index contributed by atoms with van der Waals surface area (Å²) in [7, 11) is 5.93. The highest BCUT2D eigenvalue weighted by molar-refractivity contribution is 5.70. The quantitative estimate of drug-likeness (QED) is 0.0195. The molecule has 2 atom stereocenters. The van der Waals surface area contributed by atoms with E-state index in [1.165, 1.54) is 199 Å². The van der Waals surface area contributed by atoms with Crippen LogP contribution in [0.15, 0.2) is 48.6 Å². The lowest BCUT2D eigenvalue weighted by atomic mass is 10.0. The van der Waals surface area contributed by atoms with Crippen molar-refractivity contribution in [1.29, 1.82) is 0 Å². The Morgan fingerprint density at radius 2 is 0.770 bits per heavy atom. The molecule has 0 heterocycles. The van der Waals surface area contributed by atoms with Crippen LogP contribution in [-0.4, -0.2) is 82.3 Å². The van der Waals surface area contributed by atoms with Crippen LogP contribution in [-0.2, 0) is 33.3 Å². The minimum Gasteiger partial charge on any atom is -0.545 e. The molecule has 0 aromatic heterocycles. The minimum atomic E-state index is -1.62. The normalized spacial score (nSPS) is 13.0. The van der Waals surface area contributed by atoms with Gasteiger partial charge in [0.1, 0.15) is 13.2 Å². The molecule has 0 aromatic carbocycles. The predicted molar refractivity (Wildman–Crippen MR) is 311 cm³/mol. The summed E-state index contributed by atoms with van der Waals surface area (Å²) >= 11 is 0. The van der Waals surface area contributed by atoms with Gasteiger partial charge in [-0.2, -0.15) is 0 Å². The predicted octanol–water partition coefficient (Wildman–Crippen LogP) is 17.3. The van der Waals surface area contributed by atoms with Crippen LogP contribution in [0.3, 0.4) is 0 Å². The first kappa shape index (κ1) is 71.2. The second-order valence-corrected chi connectivity index (χ2v) is 22.3. The van der Waals surface area contributed by atoms with Gasteiger partial charge in [-0.25, -0.2) is 0 Å². The van der Waals surface area contributed by atoms with Crippen molar-refractivity contribution >= 4 is 17.9 Å². The smallest absolute Gasteiger partial charge is 0.306 e. The molecule has 0 bridgehead atoms. The van der Waals surface area contributed by atoms with Crippen LogP contribution >= 0.6 is 0 Å². The largest absolute Gasteiger partial charge is 0.545 e. The highest BCUT2D eigenvalue weighted by Gasteiger charge is 2.22. The molecule has 0 aliphatic rings. The van der Waals surface area contributed by atoms with Gasteiger partial charge >= 0.3 is 11.9 Å². The zero-order chi connectivity index (χ0) is 54.1. The first-order valence-corrected chi connectivity index (χ1v) is 31.3. The van der Waals surface area contributed by atoms with Crippen molar-refractivity contribution in [3.63, 3.8) is 0 Å². The van der Waals surface area contributed by atoms with Crippen molar-refractivity contribution in [2.24, 2.45) is 0 Å². The molecule has 0 amide bonds. The van der Waals surface area contributed by atoms with E-state index in [1.54, 1.807) is 0 Å². The van der Waals surface area contributed by atoms with Gasteiger partial charge in [-0.3, -0.25) is 9.59 Å². The lowest BCUT2D eigenvalue weighted by Crippen LogP contribution is -2.44. The summed E-state index contributed by atoms with van der Waals surface area (Å²) in [6.07, 6.45) is 67.8. The molecule has 9 heteroatoms. The van der Waals surface area contributed by atoms with E-state index < -0.39 is 24.3 Å². The molecular formula is C65H119NO8. The van der Waals surface area contributed by atoms with Crippen molar-refractivity contribution in [2.45, 2.75) is 302 Å². The zero-order valence-corrected chi connectivity index (χ0v) is 49.2. The maximum absolute atomic E-state index is 12.8. The number of carbonyl (C=O) groups excluding carboxylic acids is 3. The number of quaternary nitrogens is 1. The number of carboxylic acids is 1. The van der Waals surface area contributed by atoms with Gasteiger partial charge in [0.2, 0.25) is 0 Å². The fraction of sp³-hybridized carbons (Fsp3) is 0.831. The third-order valence-corrected chi connectivity index (χ3v) is 13.8. The number of ether oxygens (including phenoxy) is 4. The summed E-state index contributed by atoms with van der Waals surface area (Å²) < 4.78 is 22.6. The van der Waals surface area contributed by atoms with E-state index in [4.69, 9.17) is 18.9 Å². The summed E-state index contributed by atoms with van der Waals surface area (Å²) in [5.74, 6) is -2.27. The Bertz CT molecular complexity index is 1350. The molecule has 0 spiro atoms. The zero-order valence-electron chi connectivity index (χ0n) is 49.2. The fourth-order valence-corrected chi connectivity index (χ4v) is 9.06. The number of carboxylic acid groups (broad SMARTS) is 1. The van der Waals surface area contributed by atoms with E-state index >= 15 is 0 Å². The van der Waals surface area contributed by atoms with Crippen molar-refractivity contribution in [2.75, 3.05) is 47.5 Å². The van der Waals surface area contributed by atoms with Gasteiger partial charge in [-0.1, -0.05) is 274 Å². The van der Waals surface area contributed by atoms with Crippen LogP contribution in [0.1, 0.15) is 290 Å². The molecule has 9 nitrogen and oxygen atoms in total. The summed E-state index contributed by atoms with van der Waals surface area (Å²) in [6.45, 7) is 4.65. The number of hydrogen-bond donors (Lipinski definition) is 0. The number of nitrogens with zero attached hydrogens (tertiary/aromatic N) is 1. The average Bonchev–Trinajstić information content (AvgIpc) is 3.37. The number of aliphatic carboxylic acids is 1. The van der Waals surface area contributed by atoms with Gasteiger partial charge in [0.25, 0.3) is 0 Å². The maximum atomic E-state index is 12.8. The van der Waals surface area contributed by atoms with E-state index in [0.29, 0.717) is 17.4 Å². The molecule has 0 N–H and O–H groups in total. The number of likely N-dealkylation sites (N-methyl/N-ethyl adjacent to an activating group) is 1. The minimum absolute atomic E-state index is 0.151. The monoisotopic (exact) mass is 1040 g/mol. The van der Waals surface area contributed by atoms with E-state index in [0.717, 1.165) is 64.2 Å². The third-order valence-electron chi connectivity index (χ3n) is 13.8. The summed E-state index contributed by atoms with van der Waals surface area (Å²) in [6, 6.07) is 0. The molecule has 0 fully saturated rings. The molecule has 0 aliphatic carbocycles. The van der Waals surface area contributed by atoms with Crippen LogP contribution in [0.4, 0.5) is 0 Å². The first-order chi connectivity index (χ1) is 36.1. The Hall–Kier alpha value is -2.75. The van der Waals surface area contributed by atoms with Crippen molar-refractivity contribution in [3.05, 3.63) is 48.6 Å². The lowest BCUT2D eigenvalue weighted by Gasteiger charge is -2.26. The lowest BCUT2D eigenvalue weighted by molar-refractivity contribution is -0.870. The average molecular weight is 1040 g/mol. The summed E-state index contributed by atoms with van der Waals surface area (Å²) in [5.41, 5.74) is 0. The molecule has 74 heavy (non-hydrogen) atoms. The first-order valence-electron chi connectivity index (χ1n) is 31.3. The standard InChI is InChI=1S/C65H119NO8/c1-6-8-10-12-14-16-18-19-20-21-22-23-24-25-26-27-28-29-30-31-32-33-34-35-36-37-38-39-40-41-42-43-44-45-46-48-50-52-54-56-63(68)74-61(60-73-65(64(69)70)71-58-57-66(3,4)5)59-72-62(67)55-53-51-49-47-17-15-13-11-9-7-2/h8,10,14,16,19-20,22-23,61,65H,6-7,9,11-13,15,17-18,21,24-60H2,1-5H3/b10-8-,16-14-,20-19-,23-22-.